The van der Waals surface area contributed by atoms with Crippen molar-refractivity contribution in [2.75, 3.05) is 0 Å². The van der Waals surface area contributed by atoms with Gasteiger partial charge in [0.2, 0.25) is 4.96 Å². The molecule has 2 heterocycles. The zero-order valence-corrected chi connectivity index (χ0v) is 11.4. The molecule has 2 aromatic heterocycles. The Kier molecular flexibility index (Phi) is 2.48. The summed E-state index contributed by atoms with van der Waals surface area (Å²) in [7, 11) is 0. The molecular formula is C14H8N4O2S. The molecule has 0 unspecified atom stereocenters. The second-order valence-corrected chi connectivity index (χ2v) is 5.52. The summed E-state index contributed by atoms with van der Waals surface area (Å²) in [4.78, 5) is 11.1. The maximum Gasteiger partial charge on any atom is 0.269 e. The second-order valence-electron chi connectivity index (χ2n) is 4.52. The first kappa shape index (κ1) is 12.0. The first-order valence-corrected chi connectivity index (χ1v) is 7.03. The molecule has 0 aliphatic rings. The highest BCUT2D eigenvalue weighted by Crippen LogP contribution is 2.30. The summed E-state index contributed by atoms with van der Waals surface area (Å²) in [6.07, 6.45) is 0. The minimum absolute atomic E-state index is 0.0645. The van der Waals surface area contributed by atoms with Gasteiger partial charge >= 0.3 is 0 Å². The topological polar surface area (TPSA) is 73.3 Å². The summed E-state index contributed by atoms with van der Waals surface area (Å²) >= 11 is 1.57. The lowest BCUT2D eigenvalue weighted by atomic mass is 10.2. The van der Waals surface area contributed by atoms with Crippen LogP contribution < -0.4 is 0 Å². The van der Waals surface area contributed by atoms with Crippen molar-refractivity contribution in [3.8, 4) is 11.4 Å². The van der Waals surface area contributed by atoms with Gasteiger partial charge in [0.15, 0.2) is 5.82 Å². The number of fused-ring (bicyclic) bond motifs is 3. The van der Waals surface area contributed by atoms with Crippen molar-refractivity contribution < 1.29 is 4.92 Å². The van der Waals surface area contributed by atoms with Gasteiger partial charge in [0.25, 0.3) is 5.69 Å². The van der Waals surface area contributed by atoms with Crippen molar-refractivity contribution in [1.82, 2.24) is 14.6 Å². The highest BCUT2D eigenvalue weighted by molar-refractivity contribution is 7.23. The average Bonchev–Trinajstić information content (AvgIpc) is 3.06. The van der Waals surface area contributed by atoms with Gasteiger partial charge in [-0.3, -0.25) is 14.5 Å². The molecule has 4 rings (SSSR count). The highest BCUT2D eigenvalue weighted by atomic mass is 32.1. The van der Waals surface area contributed by atoms with Crippen LogP contribution in [0.4, 0.5) is 5.69 Å². The summed E-state index contributed by atoms with van der Waals surface area (Å²) in [5.41, 5.74) is 1.90. The van der Waals surface area contributed by atoms with Crippen LogP contribution in [0.1, 0.15) is 0 Å². The fraction of sp³-hybridized carbons (Fsp3) is 0. The fourth-order valence-electron chi connectivity index (χ4n) is 2.30. The van der Waals surface area contributed by atoms with Gasteiger partial charge in [0.05, 0.1) is 15.1 Å². The largest absolute Gasteiger partial charge is 0.269 e. The number of aromatic nitrogens is 3. The smallest absolute Gasteiger partial charge is 0.265 e. The summed E-state index contributed by atoms with van der Waals surface area (Å²) in [5, 5.41) is 19.1. The number of non-ortho nitro benzene ring substituents is 1. The fourth-order valence-corrected chi connectivity index (χ4v) is 3.26. The zero-order chi connectivity index (χ0) is 14.4. The predicted molar refractivity (Wildman–Crippen MR) is 80.5 cm³/mol. The van der Waals surface area contributed by atoms with Crippen LogP contribution in [-0.4, -0.2) is 19.5 Å². The van der Waals surface area contributed by atoms with Gasteiger partial charge in [-0.15, -0.1) is 10.2 Å². The number of para-hydroxylation sites is 1. The van der Waals surface area contributed by atoms with Crippen LogP contribution in [-0.2, 0) is 0 Å². The first-order valence-electron chi connectivity index (χ1n) is 6.21. The molecule has 0 atom stereocenters. The van der Waals surface area contributed by atoms with E-state index in [0.29, 0.717) is 5.82 Å². The minimum Gasteiger partial charge on any atom is -0.265 e. The minimum atomic E-state index is -0.414. The normalized spacial score (nSPS) is 11.2. The summed E-state index contributed by atoms with van der Waals surface area (Å²) in [6, 6.07) is 14.3. The first-order chi connectivity index (χ1) is 10.2. The van der Waals surface area contributed by atoms with Crippen LogP contribution >= 0.6 is 11.3 Å². The molecule has 0 radical (unpaired) electrons. The van der Waals surface area contributed by atoms with Crippen molar-refractivity contribution >= 4 is 32.2 Å². The van der Waals surface area contributed by atoms with E-state index in [1.165, 1.54) is 12.1 Å². The van der Waals surface area contributed by atoms with E-state index in [1.807, 2.05) is 28.7 Å². The molecule has 0 aliphatic carbocycles. The molecule has 2 aromatic carbocycles. The van der Waals surface area contributed by atoms with E-state index in [4.69, 9.17) is 0 Å². The number of nitro benzene ring substituents is 1. The van der Waals surface area contributed by atoms with E-state index in [1.54, 1.807) is 23.5 Å². The Labute approximate surface area is 122 Å². The van der Waals surface area contributed by atoms with E-state index < -0.39 is 4.92 Å². The van der Waals surface area contributed by atoms with Crippen LogP contribution in [0.2, 0.25) is 0 Å². The van der Waals surface area contributed by atoms with Gasteiger partial charge in [0.1, 0.15) is 0 Å². The Morgan fingerprint density at radius 3 is 2.57 bits per heavy atom. The summed E-state index contributed by atoms with van der Waals surface area (Å²) in [6.45, 7) is 0. The number of hydrogen-bond acceptors (Lipinski definition) is 5. The molecule has 0 saturated heterocycles. The van der Waals surface area contributed by atoms with Gasteiger partial charge in [-0.2, -0.15) is 0 Å². The second kappa shape index (κ2) is 4.35. The number of nitro groups is 1. The average molecular weight is 296 g/mol. The van der Waals surface area contributed by atoms with Crippen molar-refractivity contribution in [1.29, 1.82) is 0 Å². The van der Waals surface area contributed by atoms with Gasteiger partial charge in [-0.05, 0) is 24.3 Å². The lowest BCUT2D eigenvalue weighted by Gasteiger charge is -1.99. The van der Waals surface area contributed by atoms with Gasteiger partial charge in [-0.1, -0.05) is 23.5 Å². The highest BCUT2D eigenvalue weighted by Gasteiger charge is 2.14. The third-order valence-electron chi connectivity index (χ3n) is 3.28. The van der Waals surface area contributed by atoms with E-state index >= 15 is 0 Å². The van der Waals surface area contributed by atoms with Crippen molar-refractivity contribution in [2.24, 2.45) is 0 Å². The van der Waals surface area contributed by atoms with Gasteiger partial charge in [0, 0.05) is 17.7 Å². The molecule has 0 spiro atoms. The predicted octanol–water partition coefficient (Wildman–Crippen LogP) is 3.52. The van der Waals surface area contributed by atoms with Crippen molar-refractivity contribution in [3.63, 3.8) is 0 Å². The van der Waals surface area contributed by atoms with Crippen LogP contribution in [0.5, 0.6) is 0 Å². The number of hydrogen-bond donors (Lipinski definition) is 0. The molecule has 6 nitrogen and oxygen atoms in total. The molecule has 0 aliphatic heterocycles. The number of thiazole rings is 1. The third kappa shape index (κ3) is 1.78. The van der Waals surface area contributed by atoms with Crippen LogP contribution in [0.25, 0.3) is 26.6 Å². The summed E-state index contributed by atoms with van der Waals surface area (Å²) < 4.78 is 3.10. The maximum atomic E-state index is 10.7. The van der Waals surface area contributed by atoms with E-state index in [2.05, 4.69) is 10.2 Å². The molecule has 4 aromatic rings. The Balaban J connectivity index is 1.95. The van der Waals surface area contributed by atoms with E-state index in [-0.39, 0.29) is 5.69 Å². The maximum absolute atomic E-state index is 10.7. The Morgan fingerprint density at radius 2 is 1.81 bits per heavy atom. The number of nitrogens with zero attached hydrogens (tertiary/aromatic N) is 4. The third-order valence-corrected chi connectivity index (χ3v) is 4.29. The number of rotatable bonds is 2. The van der Waals surface area contributed by atoms with Crippen LogP contribution in [0.15, 0.2) is 48.5 Å². The molecule has 0 saturated carbocycles. The Hall–Kier alpha value is -2.80. The Bertz CT molecular complexity index is 972. The van der Waals surface area contributed by atoms with Crippen LogP contribution in [0.3, 0.4) is 0 Å². The monoisotopic (exact) mass is 296 g/mol. The molecule has 0 fully saturated rings. The number of benzene rings is 2. The Morgan fingerprint density at radius 1 is 1.05 bits per heavy atom. The molecule has 0 N–H and O–H groups in total. The zero-order valence-electron chi connectivity index (χ0n) is 10.6. The molecule has 0 amide bonds. The molecule has 7 heteroatoms. The molecule has 102 valence electrons. The molecular weight excluding hydrogens is 288 g/mol. The molecule has 0 bridgehead atoms. The van der Waals surface area contributed by atoms with E-state index in [9.17, 15) is 10.1 Å². The SMILES string of the molecule is O=[N+]([O-])c1ccc(-c2nnc3sc4ccccc4n23)cc1. The molecule has 21 heavy (non-hydrogen) atoms. The van der Waals surface area contributed by atoms with Crippen molar-refractivity contribution in [3.05, 3.63) is 58.6 Å². The van der Waals surface area contributed by atoms with Crippen molar-refractivity contribution in [2.45, 2.75) is 0 Å². The standard InChI is InChI=1S/C14H8N4O2S/c19-18(20)10-7-5-9(6-8-10)13-15-16-14-17(13)11-3-1-2-4-12(11)21-14/h1-8H. The van der Waals surface area contributed by atoms with Crippen LogP contribution in [0, 0.1) is 10.1 Å². The quantitative estimate of drug-likeness (QED) is 0.419. The summed E-state index contributed by atoms with van der Waals surface area (Å²) in [5.74, 6) is 0.692. The van der Waals surface area contributed by atoms with Gasteiger partial charge < -0.3 is 0 Å². The van der Waals surface area contributed by atoms with Gasteiger partial charge in [-0.25, -0.2) is 0 Å². The lowest BCUT2D eigenvalue weighted by Crippen LogP contribution is -1.90. The van der Waals surface area contributed by atoms with E-state index in [0.717, 1.165) is 20.7 Å². The lowest BCUT2D eigenvalue weighted by molar-refractivity contribution is -0.384.